The van der Waals surface area contributed by atoms with Crippen molar-refractivity contribution in [2.45, 2.75) is 44.3 Å². The predicted octanol–water partition coefficient (Wildman–Crippen LogP) is 3.79. The zero-order valence-corrected chi connectivity index (χ0v) is 19.7. The number of nitrogens with zero attached hydrogens (tertiary/aromatic N) is 2. The zero-order valence-electron chi connectivity index (χ0n) is 19.7. The van der Waals surface area contributed by atoms with Gasteiger partial charge in [-0.05, 0) is 49.8 Å². The molecule has 1 atom stereocenters. The van der Waals surface area contributed by atoms with Gasteiger partial charge in [-0.25, -0.2) is 4.99 Å². The molecule has 2 aromatic carbocycles. The molecule has 0 unspecified atom stereocenters. The topological polar surface area (TPSA) is 94.1 Å². The lowest BCUT2D eigenvalue weighted by Gasteiger charge is -2.46. The number of hydrogen-bond donors (Lipinski definition) is 4. The third-order valence-electron chi connectivity index (χ3n) is 7.09. The highest BCUT2D eigenvalue weighted by atomic mass is 16.3. The molecule has 34 heavy (non-hydrogen) atoms. The highest BCUT2D eigenvalue weighted by Crippen LogP contribution is 2.45. The van der Waals surface area contributed by atoms with Gasteiger partial charge in [0.15, 0.2) is 0 Å². The minimum Gasteiger partial charge on any atom is -0.390 e. The molecule has 2 aromatic rings. The lowest BCUT2D eigenvalue weighted by Crippen LogP contribution is -2.45. The van der Waals surface area contributed by atoms with E-state index < -0.39 is 11.2 Å². The molecule has 6 heteroatoms. The Bertz CT molecular complexity index is 1180. The normalized spacial score (nSPS) is 29.9. The number of nitrogens with two attached hydrogens (primary N) is 1. The molecule has 0 spiro atoms. The number of benzene rings is 2. The van der Waals surface area contributed by atoms with Gasteiger partial charge in [-0.3, -0.25) is 0 Å². The maximum Gasteiger partial charge on any atom is 0.149 e. The number of aliphatic imine (C=N–C) groups is 1. The lowest BCUT2D eigenvalue weighted by atomic mass is 9.70. The Kier molecular flexibility index (Phi) is 5.58. The Balaban J connectivity index is 1.52. The second kappa shape index (κ2) is 8.46. The van der Waals surface area contributed by atoms with Crippen LogP contribution in [0.1, 0.15) is 49.8 Å². The minimum atomic E-state index is -1.09. The van der Waals surface area contributed by atoms with Crippen LogP contribution >= 0.6 is 0 Å². The number of hydrogen-bond acceptors (Lipinski definition) is 6. The molecular formula is C28H32N4O2. The summed E-state index contributed by atoms with van der Waals surface area (Å²) in [5.41, 5.74) is 10.3. The van der Waals surface area contributed by atoms with E-state index in [0.29, 0.717) is 5.84 Å². The summed E-state index contributed by atoms with van der Waals surface area (Å²) in [4.78, 5) is 6.51. The van der Waals surface area contributed by atoms with Crippen LogP contribution in [-0.2, 0) is 5.60 Å². The predicted molar refractivity (Wildman–Crippen MR) is 135 cm³/mol. The van der Waals surface area contributed by atoms with Crippen LogP contribution in [0.3, 0.4) is 0 Å². The third kappa shape index (κ3) is 4.04. The van der Waals surface area contributed by atoms with Gasteiger partial charge in [0, 0.05) is 30.6 Å². The van der Waals surface area contributed by atoms with Gasteiger partial charge in [-0.15, -0.1) is 0 Å². The number of allylic oxidation sites excluding steroid dienone is 1. The van der Waals surface area contributed by atoms with E-state index in [1.807, 2.05) is 74.6 Å². The Hall–Kier alpha value is -3.35. The molecule has 5 rings (SSSR count). The van der Waals surface area contributed by atoms with Crippen molar-refractivity contribution in [3.05, 3.63) is 101 Å². The number of fused-ring (bicyclic) bond motifs is 1. The molecule has 0 radical (unpaired) electrons. The molecule has 0 aromatic heterocycles. The average molecular weight is 457 g/mol. The van der Waals surface area contributed by atoms with Crippen molar-refractivity contribution in [3.8, 4) is 0 Å². The molecule has 2 heterocycles. The van der Waals surface area contributed by atoms with Gasteiger partial charge in [-0.2, -0.15) is 0 Å². The summed E-state index contributed by atoms with van der Waals surface area (Å²) in [6, 6.07) is 17.6. The van der Waals surface area contributed by atoms with E-state index in [1.54, 1.807) is 6.20 Å². The lowest BCUT2D eigenvalue weighted by molar-refractivity contribution is -0.0497. The molecule has 6 nitrogen and oxygen atoms in total. The van der Waals surface area contributed by atoms with E-state index >= 15 is 0 Å². The van der Waals surface area contributed by atoms with Crippen molar-refractivity contribution in [2.24, 2.45) is 16.6 Å². The number of rotatable bonds is 4. The number of aliphatic hydroxyl groups is 2. The van der Waals surface area contributed by atoms with E-state index in [1.165, 1.54) is 5.70 Å². The van der Waals surface area contributed by atoms with Crippen molar-refractivity contribution in [1.82, 2.24) is 10.2 Å². The fraction of sp³-hybridized carbons (Fsp3) is 0.321. The van der Waals surface area contributed by atoms with E-state index in [4.69, 9.17) is 5.73 Å². The molecule has 0 saturated heterocycles. The Labute approximate surface area is 200 Å². The van der Waals surface area contributed by atoms with Gasteiger partial charge in [0.05, 0.1) is 11.3 Å². The first kappa shape index (κ1) is 22.4. The summed E-state index contributed by atoms with van der Waals surface area (Å²) < 4.78 is 0. The van der Waals surface area contributed by atoms with Crippen LogP contribution in [0.25, 0.3) is 5.70 Å². The Morgan fingerprint density at radius 2 is 1.76 bits per heavy atom. The molecule has 0 amide bonds. The molecule has 176 valence electrons. The molecule has 0 bridgehead atoms. The summed E-state index contributed by atoms with van der Waals surface area (Å²) in [5, 5.41) is 25.1. The van der Waals surface area contributed by atoms with Crippen LogP contribution in [0.2, 0.25) is 0 Å². The monoisotopic (exact) mass is 456 g/mol. The van der Waals surface area contributed by atoms with Crippen molar-refractivity contribution < 1.29 is 10.2 Å². The van der Waals surface area contributed by atoms with Crippen molar-refractivity contribution in [3.63, 3.8) is 0 Å². The maximum absolute atomic E-state index is 11.2. The maximum atomic E-state index is 11.2. The highest BCUT2D eigenvalue weighted by Gasteiger charge is 2.42. The zero-order chi connectivity index (χ0) is 23.9. The number of amidine groups is 1. The molecule has 3 aliphatic rings. The van der Waals surface area contributed by atoms with Crippen molar-refractivity contribution in [1.29, 1.82) is 0 Å². The van der Waals surface area contributed by atoms with Crippen LogP contribution in [0, 0.1) is 5.92 Å². The number of nitrogens with one attached hydrogen (secondary N) is 1. The van der Waals surface area contributed by atoms with Gasteiger partial charge in [0.2, 0.25) is 0 Å². The second-order valence-corrected chi connectivity index (χ2v) is 9.87. The summed E-state index contributed by atoms with van der Waals surface area (Å²) >= 11 is 0. The minimum absolute atomic E-state index is 0.281. The third-order valence-corrected chi connectivity index (χ3v) is 7.09. The average Bonchev–Trinajstić information content (AvgIpc) is 2.79. The van der Waals surface area contributed by atoms with Gasteiger partial charge < -0.3 is 26.2 Å². The standard InChI is InChI=1S/C28H32N4O2/c1-27(33)17-20(18-27)23-9-6-14-30-24(25-26(29)31-15-16-32(23)25)19-10-12-22(13-11-19)28(2,34)21-7-4-3-5-8-21/h3-5,7-13,15-16,20,30,33-34H,6,14,17-18H2,1-2H3,(H2,29,31)/b23-9-,25-24-/t20?,27?,28-/m0/s1. The summed E-state index contributed by atoms with van der Waals surface area (Å²) in [5.74, 6) is 0.729. The van der Waals surface area contributed by atoms with Crippen LogP contribution in [0.5, 0.6) is 0 Å². The van der Waals surface area contributed by atoms with Crippen molar-refractivity contribution >= 4 is 11.5 Å². The van der Waals surface area contributed by atoms with E-state index in [2.05, 4.69) is 21.3 Å². The van der Waals surface area contributed by atoms with Gasteiger partial charge in [0.1, 0.15) is 17.1 Å². The second-order valence-electron chi connectivity index (χ2n) is 9.87. The molecule has 2 aliphatic heterocycles. The summed E-state index contributed by atoms with van der Waals surface area (Å²) in [6.07, 6.45) is 8.26. The van der Waals surface area contributed by atoms with E-state index in [9.17, 15) is 10.2 Å². The Morgan fingerprint density at radius 1 is 1.09 bits per heavy atom. The quantitative estimate of drug-likeness (QED) is 0.562. The van der Waals surface area contributed by atoms with E-state index in [-0.39, 0.29) is 5.92 Å². The van der Waals surface area contributed by atoms with Gasteiger partial charge >= 0.3 is 0 Å². The van der Waals surface area contributed by atoms with Crippen LogP contribution < -0.4 is 11.1 Å². The smallest absolute Gasteiger partial charge is 0.149 e. The van der Waals surface area contributed by atoms with Crippen LogP contribution in [-0.4, -0.2) is 33.1 Å². The summed E-state index contributed by atoms with van der Waals surface area (Å²) in [7, 11) is 0. The molecular weight excluding hydrogens is 424 g/mol. The summed E-state index contributed by atoms with van der Waals surface area (Å²) in [6.45, 7) is 4.47. The SMILES string of the molecule is CC1(O)CC(/C2=C/CCN/C(c3ccc([C@@](C)(O)c4ccccc4)cc3)=C3/C(N)=NC=CN23)C1. The van der Waals surface area contributed by atoms with Crippen molar-refractivity contribution in [2.75, 3.05) is 6.54 Å². The molecule has 5 N–H and O–H groups in total. The first-order valence-electron chi connectivity index (χ1n) is 11.9. The largest absolute Gasteiger partial charge is 0.390 e. The first-order chi connectivity index (χ1) is 16.3. The fourth-order valence-electron chi connectivity index (χ4n) is 5.21. The van der Waals surface area contributed by atoms with Crippen LogP contribution in [0.15, 0.2) is 89.5 Å². The molecule has 1 saturated carbocycles. The van der Waals surface area contributed by atoms with Gasteiger partial charge in [0.25, 0.3) is 0 Å². The van der Waals surface area contributed by atoms with E-state index in [0.717, 1.165) is 53.9 Å². The Morgan fingerprint density at radius 3 is 2.44 bits per heavy atom. The fourth-order valence-corrected chi connectivity index (χ4v) is 5.21. The molecule has 1 fully saturated rings. The van der Waals surface area contributed by atoms with Crippen LogP contribution in [0.4, 0.5) is 0 Å². The molecule has 1 aliphatic carbocycles. The first-order valence-corrected chi connectivity index (χ1v) is 11.9. The highest BCUT2D eigenvalue weighted by molar-refractivity contribution is 6.04. The van der Waals surface area contributed by atoms with Gasteiger partial charge in [-0.1, -0.05) is 60.7 Å².